The van der Waals surface area contributed by atoms with E-state index in [1.165, 1.54) is 11.3 Å². The minimum Gasteiger partial charge on any atom is -0.481 e. The Bertz CT molecular complexity index is 888. The molecule has 2 N–H and O–H groups in total. The fourth-order valence-corrected chi connectivity index (χ4v) is 4.19. The quantitative estimate of drug-likeness (QED) is 0.885. The predicted octanol–water partition coefficient (Wildman–Crippen LogP) is 2.58. The van der Waals surface area contributed by atoms with E-state index in [0.717, 1.165) is 10.6 Å². The van der Waals surface area contributed by atoms with Crippen molar-refractivity contribution in [3.8, 4) is 10.6 Å². The average Bonchev–Trinajstić information content (AvgIpc) is 3.11. The number of amides is 1. The number of nitrogens with one attached hydrogen (secondary N) is 1. The third-order valence-electron chi connectivity index (χ3n) is 4.59. The molecule has 1 aliphatic heterocycles. The van der Waals surface area contributed by atoms with Crippen LogP contribution in [-0.2, 0) is 9.59 Å². The van der Waals surface area contributed by atoms with Gasteiger partial charge in [0, 0.05) is 35.0 Å². The Morgan fingerprint density at radius 2 is 2.12 bits per heavy atom. The molecule has 1 saturated heterocycles. The zero-order valence-corrected chi connectivity index (χ0v) is 13.9. The Labute approximate surface area is 147 Å². The van der Waals surface area contributed by atoms with E-state index in [2.05, 4.69) is 15.3 Å². The van der Waals surface area contributed by atoms with Crippen molar-refractivity contribution in [3.63, 3.8) is 0 Å². The van der Waals surface area contributed by atoms with Crippen LogP contribution in [0, 0.1) is 11.8 Å². The maximum atomic E-state index is 12.5. The molecule has 3 heterocycles. The Hall–Kier alpha value is -2.80. The number of hydrogen-bond acceptors (Lipinski definition) is 5. The molecule has 3 atom stereocenters. The fourth-order valence-electron chi connectivity index (χ4n) is 3.31. The average molecular weight is 353 g/mol. The van der Waals surface area contributed by atoms with Crippen molar-refractivity contribution in [1.29, 1.82) is 0 Å². The molecule has 1 aliphatic carbocycles. The maximum absolute atomic E-state index is 12.5. The molecule has 2 aromatic heterocycles. The summed E-state index contributed by atoms with van der Waals surface area (Å²) in [5.41, 5.74) is 2.32. The molecule has 2 aliphatic rings. The van der Waals surface area contributed by atoms with Gasteiger partial charge in [0.2, 0.25) is 5.91 Å². The Morgan fingerprint density at radius 3 is 2.88 bits per heavy atom. The van der Waals surface area contributed by atoms with Gasteiger partial charge in [0.15, 0.2) is 0 Å². The highest BCUT2D eigenvalue weighted by molar-refractivity contribution is 7.13. The first-order valence-electron chi connectivity index (χ1n) is 7.91. The molecule has 1 amide bonds. The van der Waals surface area contributed by atoms with E-state index in [4.69, 9.17) is 0 Å². The van der Waals surface area contributed by atoms with Gasteiger partial charge in [0.05, 0.1) is 17.5 Å². The second-order valence-electron chi connectivity index (χ2n) is 6.07. The van der Waals surface area contributed by atoms with E-state index in [9.17, 15) is 14.7 Å². The third kappa shape index (κ3) is 2.87. The second-order valence-corrected chi connectivity index (χ2v) is 6.93. The molecule has 2 aromatic rings. The number of thiazole rings is 1. The number of rotatable bonds is 3. The number of piperidine rings is 1. The topological polar surface area (TPSA) is 92.2 Å². The SMILES string of the molecule is O=C1NC2=CC=CC(C(=O)O)C2CC1c1csc(-c2ccncc2)n1. The van der Waals surface area contributed by atoms with Gasteiger partial charge in [0.1, 0.15) is 5.01 Å². The summed E-state index contributed by atoms with van der Waals surface area (Å²) in [6, 6.07) is 3.74. The van der Waals surface area contributed by atoms with E-state index in [0.29, 0.717) is 17.8 Å². The van der Waals surface area contributed by atoms with Gasteiger partial charge in [0.25, 0.3) is 0 Å². The van der Waals surface area contributed by atoms with Crippen molar-refractivity contribution >= 4 is 23.2 Å². The van der Waals surface area contributed by atoms with Crippen molar-refractivity contribution in [3.05, 3.63) is 59.5 Å². The number of carbonyl (C=O) groups is 2. The molecule has 0 spiro atoms. The minimum atomic E-state index is -0.877. The van der Waals surface area contributed by atoms with Crippen LogP contribution in [-0.4, -0.2) is 27.0 Å². The Balaban J connectivity index is 1.62. The first kappa shape index (κ1) is 15.7. The lowest BCUT2D eigenvalue weighted by atomic mass is 9.76. The first-order chi connectivity index (χ1) is 12.1. The van der Waals surface area contributed by atoms with Crippen LogP contribution in [0.5, 0.6) is 0 Å². The maximum Gasteiger partial charge on any atom is 0.311 e. The highest BCUT2D eigenvalue weighted by Gasteiger charge is 2.40. The summed E-state index contributed by atoms with van der Waals surface area (Å²) in [6.45, 7) is 0. The van der Waals surface area contributed by atoms with Gasteiger partial charge in [-0.2, -0.15) is 0 Å². The normalized spacial score (nSPS) is 25.0. The molecule has 4 rings (SSSR count). The molecule has 3 unspecified atom stereocenters. The number of aliphatic carboxylic acids is 1. The number of nitrogens with zero attached hydrogens (tertiary/aromatic N) is 2. The summed E-state index contributed by atoms with van der Waals surface area (Å²) < 4.78 is 0. The lowest BCUT2D eigenvalue weighted by Crippen LogP contribution is -2.43. The van der Waals surface area contributed by atoms with Gasteiger partial charge >= 0.3 is 5.97 Å². The largest absolute Gasteiger partial charge is 0.481 e. The van der Waals surface area contributed by atoms with Crippen LogP contribution in [0.15, 0.2) is 53.8 Å². The summed E-state index contributed by atoms with van der Waals surface area (Å²) in [5.74, 6) is -2.31. The van der Waals surface area contributed by atoms with Crippen LogP contribution in [0.2, 0.25) is 0 Å². The first-order valence-corrected chi connectivity index (χ1v) is 8.79. The van der Waals surface area contributed by atoms with Gasteiger partial charge in [-0.1, -0.05) is 12.2 Å². The van der Waals surface area contributed by atoms with Crippen LogP contribution in [0.4, 0.5) is 0 Å². The number of fused-ring (bicyclic) bond motifs is 1. The van der Waals surface area contributed by atoms with E-state index in [1.54, 1.807) is 30.6 Å². The lowest BCUT2D eigenvalue weighted by molar-refractivity contribution is -0.142. The van der Waals surface area contributed by atoms with Gasteiger partial charge in [-0.25, -0.2) is 4.98 Å². The van der Waals surface area contributed by atoms with Crippen LogP contribution in [0.25, 0.3) is 10.6 Å². The van der Waals surface area contributed by atoms with Crippen LogP contribution >= 0.6 is 11.3 Å². The predicted molar refractivity (Wildman–Crippen MR) is 92.7 cm³/mol. The fraction of sp³-hybridized carbons (Fsp3) is 0.222. The molecule has 6 nitrogen and oxygen atoms in total. The molecule has 0 bridgehead atoms. The van der Waals surface area contributed by atoms with Gasteiger partial charge < -0.3 is 10.4 Å². The van der Waals surface area contributed by atoms with Crippen LogP contribution < -0.4 is 5.32 Å². The summed E-state index contributed by atoms with van der Waals surface area (Å²) in [5, 5.41) is 15.0. The van der Waals surface area contributed by atoms with Crippen LogP contribution in [0.3, 0.4) is 0 Å². The van der Waals surface area contributed by atoms with Gasteiger partial charge in [-0.15, -0.1) is 11.3 Å². The summed E-state index contributed by atoms with van der Waals surface area (Å²) in [6.07, 6.45) is 8.99. The number of pyridine rings is 1. The molecule has 0 radical (unpaired) electrons. The molecule has 126 valence electrons. The number of hydrogen-bond donors (Lipinski definition) is 2. The molecule has 25 heavy (non-hydrogen) atoms. The summed E-state index contributed by atoms with van der Waals surface area (Å²) in [4.78, 5) is 32.6. The number of aromatic nitrogens is 2. The van der Waals surface area contributed by atoms with Crippen molar-refractivity contribution in [2.75, 3.05) is 0 Å². The number of allylic oxidation sites excluding steroid dienone is 3. The molecular formula is C18H15N3O3S. The molecule has 7 heteroatoms. The van der Waals surface area contributed by atoms with Crippen LogP contribution in [0.1, 0.15) is 18.0 Å². The standard InChI is InChI=1S/C18H15N3O3S/c22-16-13(8-12-11(18(23)24)2-1-3-14(12)20-16)15-9-25-17(21-15)10-4-6-19-7-5-10/h1-7,9,11-13H,8H2,(H,20,22)(H,23,24). The summed E-state index contributed by atoms with van der Waals surface area (Å²) >= 11 is 1.47. The van der Waals surface area contributed by atoms with E-state index < -0.39 is 17.8 Å². The Morgan fingerprint density at radius 1 is 1.32 bits per heavy atom. The zero-order chi connectivity index (χ0) is 17.4. The molecule has 0 aromatic carbocycles. The van der Waals surface area contributed by atoms with Crippen molar-refractivity contribution in [2.24, 2.45) is 11.8 Å². The van der Waals surface area contributed by atoms with Crippen molar-refractivity contribution in [1.82, 2.24) is 15.3 Å². The molecular weight excluding hydrogens is 338 g/mol. The number of carbonyl (C=O) groups excluding carboxylic acids is 1. The summed E-state index contributed by atoms with van der Waals surface area (Å²) in [7, 11) is 0. The van der Waals surface area contributed by atoms with E-state index >= 15 is 0 Å². The monoisotopic (exact) mass is 353 g/mol. The highest BCUT2D eigenvalue weighted by atomic mass is 32.1. The lowest BCUT2D eigenvalue weighted by Gasteiger charge is -2.34. The van der Waals surface area contributed by atoms with Gasteiger partial charge in [-0.05, 0) is 24.6 Å². The third-order valence-corrected chi connectivity index (χ3v) is 5.50. The van der Waals surface area contributed by atoms with Gasteiger partial charge in [-0.3, -0.25) is 14.6 Å². The minimum absolute atomic E-state index is 0.131. The molecule has 0 saturated carbocycles. The highest BCUT2D eigenvalue weighted by Crippen LogP contribution is 2.39. The van der Waals surface area contributed by atoms with Crippen molar-refractivity contribution < 1.29 is 14.7 Å². The smallest absolute Gasteiger partial charge is 0.311 e. The van der Waals surface area contributed by atoms with Crippen molar-refractivity contribution in [2.45, 2.75) is 12.3 Å². The van der Waals surface area contributed by atoms with E-state index in [1.807, 2.05) is 17.5 Å². The zero-order valence-electron chi connectivity index (χ0n) is 13.1. The number of carboxylic acids is 1. The molecule has 1 fully saturated rings. The van der Waals surface area contributed by atoms with E-state index in [-0.39, 0.29) is 11.8 Å². The second kappa shape index (κ2) is 6.25. The Kier molecular flexibility index (Phi) is 3.93. The number of carboxylic acid groups (broad SMARTS) is 1.